The molecule has 0 amide bonds. The second-order valence-corrected chi connectivity index (χ2v) is 16.7. The number of carbonyl (C=O) groups excluding carboxylic acids is 3. The minimum absolute atomic E-state index is 0.103. The van der Waals surface area contributed by atoms with E-state index in [0.29, 0.717) is 19.3 Å². The Balaban J connectivity index is 4.48. The molecular weight excluding hydrogens is 733 g/mol. The van der Waals surface area contributed by atoms with Gasteiger partial charge < -0.3 is 14.2 Å². The van der Waals surface area contributed by atoms with Crippen LogP contribution in [0.1, 0.15) is 252 Å². The van der Waals surface area contributed by atoms with Gasteiger partial charge in [0.1, 0.15) is 13.2 Å². The van der Waals surface area contributed by atoms with Crippen molar-refractivity contribution in [2.24, 2.45) is 0 Å². The molecule has 1 unspecified atom stereocenters. The van der Waals surface area contributed by atoms with Gasteiger partial charge in [-0.15, -0.1) is 0 Å². The normalized spacial score (nSPS) is 12.4. The predicted octanol–water partition coefficient (Wildman–Crippen LogP) is 16.3. The van der Waals surface area contributed by atoms with Crippen LogP contribution in [0.25, 0.3) is 0 Å². The van der Waals surface area contributed by atoms with Crippen LogP contribution < -0.4 is 0 Å². The fourth-order valence-corrected chi connectivity index (χ4v) is 6.95. The monoisotopic (exact) mass is 827 g/mol. The molecule has 0 aromatic heterocycles. The largest absolute Gasteiger partial charge is 0.462 e. The smallest absolute Gasteiger partial charge is 0.306 e. The topological polar surface area (TPSA) is 78.9 Å². The van der Waals surface area contributed by atoms with Crippen molar-refractivity contribution in [3.8, 4) is 0 Å². The molecule has 0 saturated heterocycles. The Morgan fingerprint density at radius 3 is 1.05 bits per heavy atom. The summed E-state index contributed by atoms with van der Waals surface area (Å²) in [6.07, 6.45) is 56.8. The van der Waals surface area contributed by atoms with Gasteiger partial charge >= 0.3 is 17.9 Å². The predicted molar refractivity (Wildman–Crippen MR) is 252 cm³/mol. The Kier molecular flexibility index (Phi) is 45.9. The molecule has 0 heterocycles. The minimum atomic E-state index is -0.807. The van der Waals surface area contributed by atoms with Crippen LogP contribution in [0, 0.1) is 0 Å². The molecule has 0 aromatic rings. The van der Waals surface area contributed by atoms with E-state index in [4.69, 9.17) is 14.2 Å². The molecule has 0 N–H and O–H groups in total. The standard InChI is InChI=1S/C53H94O6/c1-4-7-10-13-16-19-22-25-28-31-34-37-40-43-46-52(55)58-49-50(48-57-51(54)45-42-39-36-33-30-27-24-21-18-15-12-9-6-3)59-53(56)47-44-41-38-35-32-29-26-23-20-17-14-11-8-5-2/h27-32,36,39,50H,4-26,33-35,37-38,40-49H2,1-3H3/b30-27+,31-28+,32-29+,39-36+. The van der Waals surface area contributed by atoms with E-state index < -0.39 is 6.10 Å². The van der Waals surface area contributed by atoms with Gasteiger partial charge in [-0.3, -0.25) is 14.4 Å². The van der Waals surface area contributed by atoms with Crippen LogP contribution in [0.5, 0.6) is 0 Å². The van der Waals surface area contributed by atoms with Gasteiger partial charge in [0.05, 0.1) is 0 Å². The minimum Gasteiger partial charge on any atom is -0.462 e. The molecule has 0 fully saturated rings. The average molecular weight is 827 g/mol. The molecule has 6 nitrogen and oxygen atoms in total. The van der Waals surface area contributed by atoms with Crippen molar-refractivity contribution in [2.75, 3.05) is 13.2 Å². The van der Waals surface area contributed by atoms with E-state index in [1.807, 2.05) is 6.08 Å². The van der Waals surface area contributed by atoms with Gasteiger partial charge in [-0.25, -0.2) is 0 Å². The number of rotatable bonds is 45. The van der Waals surface area contributed by atoms with Gasteiger partial charge in [-0.1, -0.05) is 191 Å². The summed E-state index contributed by atoms with van der Waals surface area (Å²) in [7, 11) is 0. The first kappa shape index (κ1) is 56.4. The molecular formula is C53H94O6. The molecule has 0 aromatic carbocycles. The zero-order valence-electron chi connectivity index (χ0n) is 39.0. The van der Waals surface area contributed by atoms with E-state index in [2.05, 4.69) is 63.3 Å². The van der Waals surface area contributed by atoms with Crippen molar-refractivity contribution in [1.82, 2.24) is 0 Å². The second kappa shape index (κ2) is 48.0. The summed E-state index contributed by atoms with van der Waals surface area (Å²) in [5, 5.41) is 0. The number of unbranched alkanes of at least 4 members (excludes halogenated alkanes) is 26. The van der Waals surface area contributed by atoms with E-state index >= 15 is 0 Å². The highest BCUT2D eigenvalue weighted by Gasteiger charge is 2.19. The maximum absolute atomic E-state index is 12.8. The number of esters is 3. The molecule has 0 aliphatic heterocycles. The zero-order valence-corrected chi connectivity index (χ0v) is 39.0. The quantitative estimate of drug-likeness (QED) is 0.0263. The maximum Gasteiger partial charge on any atom is 0.306 e. The van der Waals surface area contributed by atoms with Crippen LogP contribution in [0.3, 0.4) is 0 Å². The molecule has 6 heteroatoms. The van der Waals surface area contributed by atoms with Gasteiger partial charge in [0, 0.05) is 19.3 Å². The summed E-state index contributed by atoms with van der Waals surface area (Å²) in [5.41, 5.74) is 0. The summed E-state index contributed by atoms with van der Waals surface area (Å²) in [6.45, 7) is 6.54. The van der Waals surface area contributed by atoms with Crippen LogP contribution >= 0.6 is 0 Å². The van der Waals surface area contributed by atoms with Crippen molar-refractivity contribution < 1.29 is 28.6 Å². The third kappa shape index (κ3) is 46.3. The van der Waals surface area contributed by atoms with Gasteiger partial charge in [0.25, 0.3) is 0 Å². The molecule has 0 spiro atoms. The van der Waals surface area contributed by atoms with Crippen LogP contribution in [0.2, 0.25) is 0 Å². The number of hydrogen-bond acceptors (Lipinski definition) is 6. The van der Waals surface area contributed by atoms with Gasteiger partial charge in [0.2, 0.25) is 0 Å². The van der Waals surface area contributed by atoms with E-state index in [9.17, 15) is 14.4 Å². The molecule has 0 rings (SSSR count). The van der Waals surface area contributed by atoms with Crippen molar-refractivity contribution in [2.45, 2.75) is 258 Å². The van der Waals surface area contributed by atoms with Crippen molar-refractivity contribution >= 4 is 17.9 Å². The second-order valence-electron chi connectivity index (χ2n) is 16.7. The molecule has 0 bridgehead atoms. The molecule has 1 atom stereocenters. The van der Waals surface area contributed by atoms with Crippen LogP contribution in [0.4, 0.5) is 0 Å². The molecule has 59 heavy (non-hydrogen) atoms. The Bertz CT molecular complexity index is 1040. The Morgan fingerprint density at radius 2 is 0.644 bits per heavy atom. The summed E-state index contributed by atoms with van der Waals surface area (Å²) < 4.78 is 16.7. The van der Waals surface area contributed by atoms with Gasteiger partial charge in [-0.05, 0) is 89.9 Å². The molecule has 0 aliphatic carbocycles. The van der Waals surface area contributed by atoms with E-state index in [1.165, 1.54) is 128 Å². The highest BCUT2D eigenvalue weighted by molar-refractivity contribution is 5.71. The van der Waals surface area contributed by atoms with Crippen LogP contribution in [0.15, 0.2) is 48.6 Å². The van der Waals surface area contributed by atoms with Crippen molar-refractivity contribution in [3.05, 3.63) is 48.6 Å². The van der Waals surface area contributed by atoms with E-state index in [1.54, 1.807) is 0 Å². The number of carbonyl (C=O) groups is 3. The van der Waals surface area contributed by atoms with Gasteiger partial charge in [-0.2, -0.15) is 0 Å². The van der Waals surface area contributed by atoms with Crippen LogP contribution in [-0.2, 0) is 28.6 Å². The molecule has 0 saturated carbocycles. The fraction of sp³-hybridized carbons (Fsp3) is 0.792. The first-order chi connectivity index (χ1) is 29.0. The first-order valence-electron chi connectivity index (χ1n) is 25.1. The average Bonchev–Trinajstić information content (AvgIpc) is 3.23. The van der Waals surface area contributed by atoms with Gasteiger partial charge in [0.15, 0.2) is 6.10 Å². The highest BCUT2D eigenvalue weighted by atomic mass is 16.6. The number of allylic oxidation sites excluding steroid dienone is 8. The summed E-state index contributed by atoms with van der Waals surface area (Å²) in [4.78, 5) is 37.8. The molecule has 342 valence electrons. The maximum atomic E-state index is 12.8. The van der Waals surface area contributed by atoms with Crippen molar-refractivity contribution in [1.29, 1.82) is 0 Å². The lowest BCUT2D eigenvalue weighted by molar-refractivity contribution is -0.166. The number of hydrogen-bond donors (Lipinski definition) is 0. The lowest BCUT2D eigenvalue weighted by Gasteiger charge is -2.18. The highest BCUT2D eigenvalue weighted by Crippen LogP contribution is 2.13. The first-order valence-corrected chi connectivity index (χ1v) is 25.1. The summed E-state index contributed by atoms with van der Waals surface area (Å²) >= 11 is 0. The lowest BCUT2D eigenvalue weighted by Crippen LogP contribution is -2.30. The lowest BCUT2D eigenvalue weighted by atomic mass is 10.1. The van der Waals surface area contributed by atoms with Crippen molar-refractivity contribution in [3.63, 3.8) is 0 Å². The Hall–Kier alpha value is -2.63. The third-order valence-electron chi connectivity index (χ3n) is 10.8. The Labute approximate surface area is 365 Å². The van der Waals surface area contributed by atoms with E-state index in [-0.39, 0.29) is 37.5 Å². The number of ether oxygens (including phenoxy) is 3. The van der Waals surface area contributed by atoms with E-state index in [0.717, 1.165) is 77.0 Å². The fourth-order valence-electron chi connectivity index (χ4n) is 6.95. The van der Waals surface area contributed by atoms with Crippen LogP contribution in [-0.4, -0.2) is 37.2 Å². The summed E-state index contributed by atoms with van der Waals surface area (Å²) in [5.74, 6) is -1.00. The Morgan fingerprint density at radius 1 is 0.339 bits per heavy atom. The third-order valence-corrected chi connectivity index (χ3v) is 10.8. The molecule has 0 aliphatic rings. The summed E-state index contributed by atoms with van der Waals surface area (Å²) in [6, 6.07) is 0. The SMILES string of the molecule is CCCCCCCC/C=C/C/C=C/CCC(=O)OCC(COC(=O)CCCCC/C=C/CCCCCCCCC)OC(=O)CCCCC/C=C/CCCCCCCCC. The molecule has 0 radical (unpaired) electrons. The zero-order chi connectivity index (χ0) is 43.0.